The molecule has 0 aliphatic rings. The summed E-state index contributed by atoms with van der Waals surface area (Å²) in [4.78, 5) is 12.3. The zero-order chi connectivity index (χ0) is 15.9. The molecule has 3 nitrogen and oxygen atoms in total. The zero-order valence-electron chi connectivity index (χ0n) is 12.9. The molecule has 0 saturated carbocycles. The van der Waals surface area contributed by atoms with E-state index in [0.29, 0.717) is 17.1 Å². The molecule has 0 saturated heterocycles. The molecule has 0 heterocycles. The third kappa shape index (κ3) is 4.33. The van der Waals surface area contributed by atoms with Gasteiger partial charge in [0.05, 0.1) is 10.6 Å². The summed E-state index contributed by atoms with van der Waals surface area (Å²) in [6.45, 7) is 5.52. The topological polar surface area (TPSA) is 41.1 Å². The summed E-state index contributed by atoms with van der Waals surface area (Å²) < 4.78 is 0. The normalized spacial score (nSPS) is 12.0. The highest BCUT2D eigenvalue weighted by molar-refractivity contribution is 6.34. The first-order chi connectivity index (χ1) is 10.6. The van der Waals surface area contributed by atoms with E-state index in [4.69, 9.17) is 11.6 Å². The van der Waals surface area contributed by atoms with E-state index in [2.05, 4.69) is 10.6 Å². The quantitative estimate of drug-likeness (QED) is 0.852. The Labute approximate surface area is 136 Å². The Morgan fingerprint density at radius 2 is 1.86 bits per heavy atom. The van der Waals surface area contributed by atoms with Gasteiger partial charge in [0.15, 0.2) is 0 Å². The fourth-order valence-electron chi connectivity index (χ4n) is 2.27. The summed E-state index contributed by atoms with van der Waals surface area (Å²) in [6, 6.07) is 15.7. The Balaban J connectivity index is 2.15. The van der Waals surface area contributed by atoms with E-state index >= 15 is 0 Å². The van der Waals surface area contributed by atoms with Crippen LogP contribution in [0.3, 0.4) is 0 Å². The molecule has 4 heteroatoms. The molecule has 0 bridgehead atoms. The fourth-order valence-corrected chi connectivity index (χ4v) is 2.47. The van der Waals surface area contributed by atoms with Gasteiger partial charge in [0.25, 0.3) is 5.91 Å². The van der Waals surface area contributed by atoms with Crippen LogP contribution in [0.4, 0.5) is 0 Å². The minimum atomic E-state index is -0.146. The standard InChI is InChI=1S/C18H21ClN2O/c1-3-20-13(2)12-21-18(22)16-11-15(9-10-17(16)19)14-7-5-4-6-8-14/h4-11,13,20H,3,12H2,1-2H3,(H,21,22)/t13-/m1/s1. The van der Waals surface area contributed by atoms with Crippen LogP contribution in [0.5, 0.6) is 0 Å². The number of nitrogens with one attached hydrogen (secondary N) is 2. The van der Waals surface area contributed by atoms with Crippen molar-refractivity contribution in [3.63, 3.8) is 0 Å². The van der Waals surface area contributed by atoms with Crippen molar-refractivity contribution in [1.29, 1.82) is 0 Å². The van der Waals surface area contributed by atoms with Crippen LogP contribution in [0, 0.1) is 0 Å². The minimum Gasteiger partial charge on any atom is -0.350 e. The second kappa shape index (κ2) is 7.97. The van der Waals surface area contributed by atoms with Gasteiger partial charge >= 0.3 is 0 Å². The highest BCUT2D eigenvalue weighted by Crippen LogP contribution is 2.25. The number of halogens is 1. The van der Waals surface area contributed by atoms with Gasteiger partial charge in [-0.1, -0.05) is 54.9 Å². The first kappa shape index (κ1) is 16.5. The molecule has 22 heavy (non-hydrogen) atoms. The summed E-state index contributed by atoms with van der Waals surface area (Å²) in [7, 11) is 0. The van der Waals surface area contributed by atoms with Crippen LogP contribution < -0.4 is 10.6 Å². The molecule has 0 aliphatic heterocycles. The number of carbonyl (C=O) groups is 1. The van der Waals surface area contributed by atoms with Gasteiger partial charge in [-0.3, -0.25) is 4.79 Å². The van der Waals surface area contributed by atoms with Crippen LogP contribution in [-0.2, 0) is 0 Å². The molecular weight excluding hydrogens is 296 g/mol. The average molecular weight is 317 g/mol. The number of likely N-dealkylation sites (N-methyl/N-ethyl adjacent to an activating group) is 1. The first-order valence-electron chi connectivity index (χ1n) is 7.48. The van der Waals surface area contributed by atoms with Crippen LogP contribution in [0.2, 0.25) is 5.02 Å². The van der Waals surface area contributed by atoms with Gasteiger partial charge in [0, 0.05) is 12.6 Å². The fraction of sp³-hybridized carbons (Fsp3) is 0.278. The number of hydrogen-bond donors (Lipinski definition) is 2. The summed E-state index contributed by atoms with van der Waals surface area (Å²) in [5.74, 6) is -0.146. The summed E-state index contributed by atoms with van der Waals surface area (Å²) >= 11 is 6.18. The number of amides is 1. The van der Waals surface area contributed by atoms with E-state index in [-0.39, 0.29) is 11.9 Å². The molecule has 0 fully saturated rings. The van der Waals surface area contributed by atoms with Gasteiger partial charge in [-0.05, 0) is 36.7 Å². The van der Waals surface area contributed by atoms with Crippen molar-refractivity contribution in [2.45, 2.75) is 19.9 Å². The van der Waals surface area contributed by atoms with Gasteiger partial charge in [-0.25, -0.2) is 0 Å². The zero-order valence-corrected chi connectivity index (χ0v) is 13.7. The smallest absolute Gasteiger partial charge is 0.252 e. The van der Waals surface area contributed by atoms with Crippen molar-refractivity contribution < 1.29 is 4.79 Å². The maximum Gasteiger partial charge on any atom is 0.252 e. The molecule has 0 aromatic heterocycles. The van der Waals surface area contributed by atoms with E-state index in [9.17, 15) is 4.79 Å². The average Bonchev–Trinajstić information content (AvgIpc) is 2.54. The van der Waals surface area contributed by atoms with Gasteiger partial charge in [0.1, 0.15) is 0 Å². The lowest BCUT2D eigenvalue weighted by Crippen LogP contribution is -2.38. The van der Waals surface area contributed by atoms with Gasteiger partial charge < -0.3 is 10.6 Å². The Kier molecular flexibility index (Phi) is 5.99. The van der Waals surface area contributed by atoms with Crippen LogP contribution in [-0.4, -0.2) is 25.0 Å². The highest BCUT2D eigenvalue weighted by atomic mass is 35.5. The van der Waals surface area contributed by atoms with Crippen LogP contribution >= 0.6 is 11.6 Å². The van der Waals surface area contributed by atoms with Crippen molar-refractivity contribution in [1.82, 2.24) is 10.6 Å². The molecule has 0 unspecified atom stereocenters. The molecule has 0 spiro atoms. The van der Waals surface area contributed by atoms with Gasteiger partial charge in [0.2, 0.25) is 0 Å². The third-order valence-electron chi connectivity index (χ3n) is 3.44. The van der Waals surface area contributed by atoms with E-state index in [1.165, 1.54) is 0 Å². The van der Waals surface area contributed by atoms with Crippen molar-refractivity contribution in [3.8, 4) is 11.1 Å². The van der Waals surface area contributed by atoms with Crippen molar-refractivity contribution >= 4 is 17.5 Å². The molecule has 2 N–H and O–H groups in total. The Bertz CT molecular complexity index is 628. The lowest BCUT2D eigenvalue weighted by molar-refractivity contribution is 0.0950. The summed E-state index contributed by atoms with van der Waals surface area (Å²) in [6.07, 6.45) is 0. The van der Waals surface area contributed by atoms with Crippen molar-refractivity contribution in [2.75, 3.05) is 13.1 Å². The summed E-state index contributed by atoms with van der Waals surface area (Å²) in [5, 5.41) is 6.64. The molecule has 116 valence electrons. The maximum absolute atomic E-state index is 12.3. The molecule has 2 aromatic carbocycles. The van der Waals surface area contributed by atoms with E-state index < -0.39 is 0 Å². The largest absolute Gasteiger partial charge is 0.350 e. The molecule has 2 aromatic rings. The second-order valence-corrected chi connectivity index (χ2v) is 5.64. The van der Waals surface area contributed by atoms with Crippen LogP contribution in [0.1, 0.15) is 24.2 Å². The SMILES string of the molecule is CCN[C@H](C)CNC(=O)c1cc(-c2ccccc2)ccc1Cl. The van der Waals surface area contributed by atoms with E-state index in [0.717, 1.165) is 17.7 Å². The number of carbonyl (C=O) groups excluding carboxylic acids is 1. The van der Waals surface area contributed by atoms with Crippen molar-refractivity contribution in [3.05, 3.63) is 59.1 Å². The molecule has 1 amide bonds. The predicted octanol–water partition coefficient (Wildman–Crippen LogP) is 3.73. The maximum atomic E-state index is 12.3. The number of rotatable bonds is 6. The second-order valence-electron chi connectivity index (χ2n) is 5.23. The molecule has 0 aliphatic carbocycles. The van der Waals surface area contributed by atoms with Crippen LogP contribution in [0.25, 0.3) is 11.1 Å². The molecular formula is C18H21ClN2O. The highest BCUT2D eigenvalue weighted by Gasteiger charge is 2.12. The Morgan fingerprint density at radius 1 is 1.14 bits per heavy atom. The molecule has 2 rings (SSSR count). The minimum absolute atomic E-state index is 0.146. The van der Waals surface area contributed by atoms with Gasteiger partial charge in [-0.2, -0.15) is 0 Å². The monoisotopic (exact) mass is 316 g/mol. The number of hydrogen-bond acceptors (Lipinski definition) is 2. The lowest BCUT2D eigenvalue weighted by Gasteiger charge is -2.14. The first-order valence-corrected chi connectivity index (χ1v) is 7.86. The van der Waals surface area contributed by atoms with E-state index in [1.54, 1.807) is 6.07 Å². The lowest BCUT2D eigenvalue weighted by atomic mass is 10.0. The Morgan fingerprint density at radius 3 is 2.55 bits per heavy atom. The molecule has 1 atom stereocenters. The van der Waals surface area contributed by atoms with E-state index in [1.807, 2.05) is 56.3 Å². The van der Waals surface area contributed by atoms with Gasteiger partial charge in [-0.15, -0.1) is 0 Å². The summed E-state index contributed by atoms with van der Waals surface area (Å²) in [5.41, 5.74) is 2.55. The molecule has 0 radical (unpaired) electrons. The Hall–Kier alpha value is -1.84. The van der Waals surface area contributed by atoms with Crippen LogP contribution in [0.15, 0.2) is 48.5 Å². The third-order valence-corrected chi connectivity index (χ3v) is 3.77. The van der Waals surface area contributed by atoms with Crippen molar-refractivity contribution in [2.24, 2.45) is 0 Å². The predicted molar refractivity (Wildman–Crippen MR) is 92.4 cm³/mol. The number of benzene rings is 2.